The van der Waals surface area contributed by atoms with Crippen LogP contribution in [-0.2, 0) is 4.79 Å². The van der Waals surface area contributed by atoms with Crippen molar-refractivity contribution in [3.63, 3.8) is 0 Å². The molecular formula is C15H16Cl3FN2O2. The molecule has 0 saturated carbocycles. The van der Waals surface area contributed by atoms with Crippen molar-refractivity contribution < 1.29 is 13.9 Å². The summed E-state index contributed by atoms with van der Waals surface area (Å²) in [7, 11) is 0. The second-order valence-electron chi connectivity index (χ2n) is 5.44. The van der Waals surface area contributed by atoms with Crippen molar-refractivity contribution in [3.05, 3.63) is 47.0 Å². The molecule has 1 heterocycles. The van der Waals surface area contributed by atoms with E-state index in [0.717, 1.165) is 0 Å². The summed E-state index contributed by atoms with van der Waals surface area (Å²) >= 11 is 11.9. The topological polar surface area (TPSA) is 44.1 Å². The second kappa shape index (κ2) is 7.99. The summed E-state index contributed by atoms with van der Waals surface area (Å²) in [5, 5.41) is 0.718. The van der Waals surface area contributed by atoms with E-state index in [2.05, 4.69) is 4.98 Å². The molecule has 8 heteroatoms. The lowest BCUT2D eigenvalue weighted by molar-refractivity contribution is -0.139. The Bertz CT molecular complexity index is 663. The van der Waals surface area contributed by atoms with Crippen LogP contribution in [0.4, 0.5) is 4.39 Å². The first-order valence-corrected chi connectivity index (χ1v) is 7.30. The summed E-state index contributed by atoms with van der Waals surface area (Å²) in [4.78, 5) is 16.5. The Morgan fingerprint density at radius 3 is 2.65 bits per heavy atom. The molecule has 0 aliphatic heterocycles. The SMILES string of the molecule is CC(C)(CF)C(=O)C(Oc1ccc(Cl)cc1Cl)n1ccnc1.Cl. The van der Waals surface area contributed by atoms with E-state index in [9.17, 15) is 9.18 Å². The van der Waals surface area contributed by atoms with Gasteiger partial charge in [0.05, 0.1) is 16.8 Å². The number of hydrogen-bond donors (Lipinski definition) is 0. The summed E-state index contributed by atoms with van der Waals surface area (Å²) in [6, 6.07) is 4.66. The van der Waals surface area contributed by atoms with Crippen molar-refractivity contribution in [1.29, 1.82) is 0 Å². The van der Waals surface area contributed by atoms with Crippen LogP contribution in [0.25, 0.3) is 0 Å². The number of hydrogen-bond acceptors (Lipinski definition) is 3. The fourth-order valence-electron chi connectivity index (χ4n) is 1.75. The molecule has 4 nitrogen and oxygen atoms in total. The van der Waals surface area contributed by atoms with Crippen molar-refractivity contribution in [2.75, 3.05) is 6.67 Å². The average molecular weight is 382 g/mol. The van der Waals surface area contributed by atoms with Gasteiger partial charge in [-0.1, -0.05) is 37.0 Å². The van der Waals surface area contributed by atoms with E-state index in [-0.39, 0.29) is 23.2 Å². The highest BCUT2D eigenvalue weighted by Gasteiger charge is 2.36. The molecule has 0 saturated heterocycles. The normalized spacial score (nSPS) is 12.4. The van der Waals surface area contributed by atoms with Crippen molar-refractivity contribution in [3.8, 4) is 5.75 Å². The number of halogens is 4. The lowest BCUT2D eigenvalue weighted by Gasteiger charge is -2.27. The number of aromatic nitrogens is 2. The van der Waals surface area contributed by atoms with Gasteiger partial charge in [0.1, 0.15) is 12.4 Å². The lowest BCUT2D eigenvalue weighted by Crippen LogP contribution is -2.37. The first-order chi connectivity index (χ1) is 10.3. The van der Waals surface area contributed by atoms with Crippen molar-refractivity contribution in [2.45, 2.75) is 20.1 Å². The van der Waals surface area contributed by atoms with E-state index >= 15 is 0 Å². The summed E-state index contributed by atoms with van der Waals surface area (Å²) in [6.07, 6.45) is 3.45. The van der Waals surface area contributed by atoms with Crippen LogP contribution in [0.1, 0.15) is 20.1 Å². The molecule has 1 atom stereocenters. The molecule has 1 aromatic heterocycles. The summed E-state index contributed by atoms with van der Waals surface area (Å²) in [6.45, 7) is 2.24. The number of alkyl halides is 1. The van der Waals surface area contributed by atoms with E-state index in [1.165, 1.54) is 37.0 Å². The predicted molar refractivity (Wildman–Crippen MR) is 90.4 cm³/mol. The van der Waals surface area contributed by atoms with E-state index < -0.39 is 24.1 Å². The number of rotatable bonds is 6. The Labute approximate surface area is 150 Å². The molecule has 0 fully saturated rings. The standard InChI is InChI=1S/C15H15Cl2FN2O2.ClH/c1-15(2,8-18)13(21)14(20-6-5-19-9-20)22-12-4-3-10(16)7-11(12)17;/h3-7,9,14H,8H2,1-2H3;1H. The molecule has 0 radical (unpaired) electrons. The van der Waals surface area contributed by atoms with Gasteiger partial charge in [0, 0.05) is 17.4 Å². The first-order valence-electron chi connectivity index (χ1n) is 6.54. The molecule has 0 aliphatic carbocycles. The van der Waals surface area contributed by atoms with Crippen LogP contribution in [0.5, 0.6) is 5.75 Å². The van der Waals surface area contributed by atoms with Gasteiger partial charge in [-0.25, -0.2) is 4.98 Å². The maximum atomic E-state index is 13.1. The molecule has 0 amide bonds. The number of carbonyl (C=O) groups excluding carboxylic acids is 1. The first kappa shape index (κ1) is 19.7. The van der Waals surface area contributed by atoms with Gasteiger partial charge >= 0.3 is 0 Å². The van der Waals surface area contributed by atoms with Gasteiger partial charge in [0.15, 0.2) is 0 Å². The number of ether oxygens (including phenoxy) is 1. The third kappa shape index (κ3) is 4.59. The number of carbonyl (C=O) groups is 1. The summed E-state index contributed by atoms with van der Waals surface area (Å²) in [5.41, 5.74) is -1.19. The van der Waals surface area contributed by atoms with Crippen LogP contribution in [0.2, 0.25) is 10.0 Å². The maximum absolute atomic E-state index is 13.1. The van der Waals surface area contributed by atoms with Gasteiger partial charge in [-0.05, 0) is 18.2 Å². The van der Waals surface area contributed by atoms with Crippen LogP contribution in [-0.4, -0.2) is 22.0 Å². The predicted octanol–water partition coefficient (Wildman–Crippen LogP) is 4.75. The quantitative estimate of drug-likeness (QED) is 0.725. The minimum Gasteiger partial charge on any atom is -0.461 e. The number of ketones is 1. The Balaban J connectivity index is 0.00000264. The summed E-state index contributed by atoms with van der Waals surface area (Å²) < 4.78 is 20.3. The third-order valence-corrected chi connectivity index (χ3v) is 3.68. The molecule has 0 bridgehead atoms. The molecule has 0 spiro atoms. The van der Waals surface area contributed by atoms with Crippen molar-refractivity contribution in [2.24, 2.45) is 5.41 Å². The lowest BCUT2D eigenvalue weighted by atomic mass is 9.88. The average Bonchev–Trinajstić information content (AvgIpc) is 3.00. The van der Waals surface area contributed by atoms with E-state index in [0.29, 0.717) is 5.02 Å². The largest absolute Gasteiger partial charge is 0.461 e. The highest BCUT2D eigenvalue weighted by molar-refractivity contribution is 6.35. The summed E-state index contributed by atoms with van der Waals surface area (Å²) in [5.74, 6) is -0.133. The van der Waals surface area contributed by atoms with Crippen molar-refractivity contribution in [1.82, 2.24) is 9.55 Å². The van der Waals surface area contributed by atoms with Gasteiger partial charge in [-0.15, -0.1) is 12.4 Å². The van der Waals surface area contributed by atoms with Gasteiger partial charge in [0.2, 0.25) is 12.0 Å². The molecule has 1 aromatic carbocycles. The molecule has 0 aliphatic rings. The van der Waals surface area contributed by atoms with Crippen LogP contribution >= 0.6 is 35.6 Å². The molecular weight excluding hydrogens is 366 g/mol. The maximum Gasteiger partial charge on any atom is 0.237 e. The third-order valence-electron chi connectivity index (χ3n) is 3.15. The van der Waals surface area contributed by atoms with E-state index in [4.69, 9.17) is 27.9 Å². The zero-order valence-electron chi connectivity index (χ0n) is 12.5. The van der Waals surface area contributed by atoms with Crippen molar-refractivity contribution >= 4 is 41.4 Å². The Morgan fingerprint density at radius 2 is 2.13 bits per heavy atom. The van der Waals surface area contributed by atoms with Crippen LogP contribution in [0.15, 0.2) is 36.9 Å². The minimum atomic E-state index is -1.19. The second-order valence-corrected chi connectivity index (χ2v) is 6.28. The van der Waals surface area contributed by atoms with Crippen LogP contribution in [0, 0.1) is 5.41 Å². The van der Waals surface area contributed by atoms with Gasteiger partial charge in [-0.2, -0.15) is 0 Å². The van der Waals surface area contributed by atoms with Crippen LogP contribution < -0.4 is 4.74 Å². The molecule has 2 aromatic rings. The number of benzene rings is 1. The van der Waals surface area contributed by atoms with Gasteiger partial charge < -0.3 is 4.74 Å². The molecule has 1 unspecified atom stereocenters. The van der Waals surface area contributed by atoms with Gasteiger partial charge in [-0.3, -0.25) is 13.8 Å². The number of imidazole rings is 1. The fraction of sp³-hybridized carbons (Fsp3) is 0.333. The zero-order valence-corrected chi connectivity index (χ0v) is 14.8. The molecule has 0 N–H and O–H groups in total. The van der Waals surface area contributed by atoms with E-state index in [1.807, 2.05) is 0 Å². The molecule has 126 valence electrons. The highest BCUT2D eigenvalue weighted by Crippen LogP contribution is 2.33. The smallest absolute Gasteiger partial charge is 0.237 e. The Hall–Kier alpha value is -1.30. The van der Waals surface area contributed by atoms with E-state index in [1.54, 1.807) is 18.3 Å². The minimum absolute atomic E-state index is 0. The highest BCUT2D eigenvalue weighted by atomic mass is 35.5. The molecule has 2 rings (SSSR count). The molecule has 23 heavy (non-hydrogen) atoms. The fourth-order valence-corrected chi connectivity index (χ4v) is 2.20. The van der Waals surface area contributed by atoms with Crippen LogP contribution in [0.3, 0.4) is 0 Å². The Kier molecular flexibility index (Phi) is 6.86. The van der Waals surface area contributed by atoms with Gasteiger partial charge in [0.25, 0.3) is 0 Å². The zero-order chi connectivity index (χ0) is 16.3. The Morgan fingerprint density at radius 1 is 1.43 bits per heavy atom. The monoisotopic (exact) mass is 380 g/mol. The number of Topliss-reactive ketones (excluding diaryl/α,β-unsaturated/α-hetero) is 1. The number of nitrogens with zero attached hydrogens (tertiary/aromatic N) is 2.